The van der Waals surface area contributed by atoms with E-state index >= 15 is 0 Å². The molecular formula is C13H18ClNO. The van der Waals surface area contributed by atoms with E-state index in [4.69, 9.17) is 16.3 Å². The Kier molecular flexibility index (Phi) is 3.85. The third kappa shape index (κ3) is 2.76. The molecule has 1 aliphatic rings. The molecule has 88 valence electrons. The summed E-state index contributed by atoms with van der Waals surface area (Å²) in [6.07, 6.45) is 1.21. The number of ether oxygens (including phenoxy) is 1. The van der Waals surface area contributed by atoms with Crippen molar-refractivity contribution in [3.8, 4) is 0 Å². The van der Waals surface area contributed by atoms with Crippen molar-refractivity contribution < 1.29 is 4.74 Å². The Morgan fingerprint density at radius 3 is 3.00 bits per heavy atom. The zero-order chi connectivity index (χ0) is 11.5. The monoisotopic (exact) mass is 239 g/mol. The summed E-state index contributed by atoms with van der Waals surface area (Å²) in [4.78, 5) is 0. The number of rotatable bonds is 2. The number of morpholine rings is 1. The molecule has 3 heteroatoms. The summed E-state index contributed by atoms with van der Waals surface area (Å²) in [7, 11) is 0. The lowest BCUT2D eigenvalue weighted by Gasteiger charge is -2.28. The Bertz CT molecular complexity index is 359. The number of benzene rings is 1. The van der Waals surface area contributed by atoms with Crippen LogP contribution in [0.4, 0.5) is 0 Å². The molecule has 1 N–H and O–H groups in total. The van der Waals surface area contributed by atoms with Gasteiger partial charge < -0.3 is 10.1 Å². The van der Waals surface area contributed by atoms with Crippen LogP contribution in [0.25, 0.3) is 0 Å². The lowest BCUT2D eigenvalue weighted by molar-refractivity contribution is 0.00874. The Hall–Kier alpha value is -0.570. The molecule has 1 aromatic rings. The largest absolute Gasteiger partial charge is 0.375 e. The van der Waals surface area contributed by atoms with Gasteiger partial charge in [-0.05, 0) is 31.0 Å². The summed E-state index contributed by atoms with van der Waals surface area (Å²) in [6.45, 7) is 5.93. The third-order valence-corrected chi connectivity index (χ3v) is 3.51. The molecule has 1 heterocycles. The molecule has 1 aromatic carbocycles. The molecular weight excluding hydrogens is 222 g/mol. The van der Waals surface area contributed by atoms with Gasteiger partial charge in [0, 0.05) is 24.0 Å². The quantitative estimate of drug-likeness (QED) is 0.857. The van der Waals surface area contributed by atoms with E-state index in [0.29, 0.717) is 6.04 Å². The predicted molar refractivity (Wildman–Crippen MR) is 67.1 cm³/mol. The Morgan fingerprint density at radius 2 is 2.31 bits per heavy atom. The minimum Gasteiger partial charge on any atom is -0.375 e. The molecule has 0 bridgehead atoms. The normalized spacial score (nSPS) is 25.7. The fraction of sp³-hybridized carbons (Fsp3) is 0.538. The first-order valence-electron chi connectivity index (χ1n) is 5.76. The van der Waals surface area contributed by atoms with E-state index in [1.54, 1.807) is 0 Å². The predicted octanol–water partition coefficient (Wildman–Crippen LogP) is 2.57. The molecule has 0 amide bonds. The first-order valence-corrected chi connectivity index (χ1v) is 6.13. The molecule has 2 unspecified atom stereocenters. The van der Waals surface area contributed by atoms with Crippen LogP contribution < -0.4 is 5.32 Å². The van der Waals surface area contributed by atoms with Crippen molar-refractivity contribution in [1.29, 1.82) is 0 Å². The fourth-order valence-electron chi connectivity index (χ4n) is 1.98. The summed E-state index contributed by atoms with van der Waals surface area (Å²) >= 11 is 6.10. The highest BCUT2D eigenvalue weighted by Crippen LogP contribution is 2.21. The zero-order valence-corrected chi connectivity index (χ0v) is 10.6. The number of hydrogen-bond acceptors (Lipinski definition) is 2. The molecule has 0 radical (unpaired) electrons. The topological polar surface area (TPSA) is 21.3 Å². The smallest absolute Gasteiger partial charge is 0.0740 e. The van der Waals surface area contributed by atoms with Crippen LogP contribution >= 0.6 is 11.6 Å². The number of hydrogen-bond donors (Lipinski definition) is 1. The van der Waals surface area contributed by atoms with Crippen LogP contribution in [-0.2, 0) is 11.2 Å². The van der Waals surface area contributed by atoms with Gasteiger partial charge in [-0.2, -0.15) is 0 Å². The van der Waals surface area contributed by atoms with Crippen molar-refractivity contribution in [2.24, 2.45) is 0 Å². The van der Waals surface area contributed by atoms with E-state index in [2.05, 4.69) is 25.2 Å². The van der Waals surface area contributed by atoms with Gasteiger partial charge in [0.2, 0.25) is 0 Å². The number of nitrogens with one attached hydrogen (secondary N) is 1. The average molecular weight is 240 g/mol. The molecule has 1 fully saturated rings. The van der Waals surface area contributed by atoms with E-state index in [1.807, 2.05) is 12.1 Å². The molecule has 1 saturated heterocycles. The SMILES string of the molecule is Cc1c(Cl)cccc1CC1CNC(C)CO1. The molecule has 0 saturated carbocycles. The van der Waals surface area contributed by atoms with Gasteiger partial charge >= 0.3 is 0 Å². The van der Waals surface area contributed by atoms with Crippen molar-refractivity contribution in [3.63, 3.8) is 0 Å². The average Bonchev–Trinajstić information content (AvgIpc) is 2.28. The summed E-state index contributed by atoms with van der Waals surface area (Å²) in [5, 5.41) is 4.27. The van der Waals surface area contributed by atoms with E-state index in [-0.39, 0.29) is 6.10 Å². The van der Waals surface area contributed by atoms with Crippen molar-refractivity contribution in [2.45, 2.75) is 32.4 Å². The van der Waals surface area contributed by atoms with Gasteiger partial charge in [-0.1, -0.05) is 23.7 Å². The molecule has 1 aliphatic heterocycles. The lowest BCUT2D eigenvalue weighted by Crippen LogP contribution is -2.45. The van der Waals surface area contributed by atoms with Gasteiger partial charge in [0.15, 0.2) is 0 Å². The van der Waals surface area contributed by atoms with Crippen molar-refractivity contribution >= 4 is 11.6 Å². The first-order chi connectivity index (χ1) is 7.66. The molecule has 2 nitrogen and oxygen atoms in total. The second-order valence-corrected chi connectivity index (χ2v) is 4.90. The molecule has 2 rings (SSSR count). The van der Waals surface area contributed by atoms with Crippen LogP contribution in [0.2, 0.25) is 5.02 Å². The second-order valence-electron chi connectivity index (χ2n) is 4.49. The summed E-state index contributed by atoms with van der Waals surface area (Å²) in [5.74, 6) is 0. The second kappa shape index (κ2) is 5.17. The van der Waals surface area contributed by atoms with E-state index in [9.17, 15) is 0 Å². The maximum Gasteiger partial charge on any atom is 0.0740 e. The van der Waals surface area contributed by atoms with Crippen molar-refractivity contribution in [2.75, 3.05) is 13.2 Å². The summed E-state index contributed by atoms with van der Waals surface area (Å²) in [5.41, 5.74) is 2.46. The molecule has 0 aromatic heterocycles. The first kappa shape index (κ1) is 11.9. The molecule has 16 heavy (non-hydrogen) atoms. The van der Waals surface area contributed by atoms with Gasteiger partial charge in [0.05, 0.1) is 12.7 Å². The van der Waals surface area contributed by atoms with E-state index in [0.717, 1.165) is 24.6 Å². The van der Waals surface area contributed by atoms with Crippen LogP contribution in [0, 0.1) is 6.92 Å². The van der Waals surface area contributed by atoms with Crippen LogP contribution in [-0.4, -0.2) is 25.3 Å². The summed E-state index contributed by atoms with van der Waals surface area (Å²) < 4.78 is 5.78. The summed E-state index contributed by atoms with van der Waals surface area (Å²) in [6, 6.07) is 6.53. The van der Waals surface area contributed by atoms with E-state index < -0.39 is 0 Å². The molecule has 0 spiro atoms. The third-order valence-electron chi connectivity index (χ3n) is 3.10. The van der Waals surface area contributed by atoms with Gasteiger partial charge in [-0.25, -0.2) is 0 Å². The van der Waals surface area contributed by atoms with Crippen molar-refractivity contribution in [1.82, 2.24) is 5.32 Å². The highest BCUT2D eigenvalue weighted by Gasteiger charge is 2.19. The van der Waals surface area contributed by atoms with Gasteiger partial charge in [0.25, 0.3) is 0 Å². The maximum absolute atomic E-state index is 6.10. The fourth-order valence-corrected chi connectivity index (χ4v) is 2.17. The minimum absolute atomic E-state index is 0.272. The Labute approximate surface area is 102 Å². The Morgan fingerprint density at radius 1 is 1.50 bits per heavy atom. The lowest BCUT2D eigenvalue weighted by atomic mass is 10.0. The highest BCUT2D eigenvalue weighted by molar-refractivity contribution is 6.31. The standard InChI is InChI=1S/C13H18ClNO/c1-9-8-16-12(7-15-9)6-11-4-3-5-13(14)10(11)2/h3-5,9,12,15H,6-8H2,1-2H3. The minimum atomic E-state index is 0.272. The van der Waals surface area contributed by atoms with Gasteiger partial charge in [-0.3, -0.25) is 0 Å². The maximum atomic E-state index is 6.10. The van der Waals surface area contributed by atoms with Crippen LogP contribution in [0.15, 0.2) is 18.2 Å². The van der Waals surface area contributed by atoms with Gasteiger partial charge in [0.1, 0.15) is 0 Å². The molecule has 0 aliphatic carbocycles. The number of halogens is 1. The zero-order valence-electron chi connectivity index (χ0n) is 9.79. The Balaban J connectivity index is 2.01. The van der Waals surface area contributed by atoms with E-state index in [1.165, 1.54) is 11.1 Å². The van der Waals surface area contributed by atoms with Crippen LogP contribution in [0.5, 0.6) is 0 Å². The molecule has 2 atom stereocenters. The van der Waals surface area contributed by atoms with Crippen molar-refractivity contribution in [3.05, 3.63) is 34.3 Å². The van der Waals surface area contributed by atoms with Gasteiger partial charge in [-0.15, -0.1) is 0 Å². The van der Waals surface area contributed by atoms with Crippen LogP contribution in [0.3, 0.4) is 0 Å². The highest BCUT2D eigenvalue weighted by atomic mass is 35.5. The van der Waals surface area contributed by atoms with Crippen LogP contribution in [0.1, 0.15) is 18.1 Å².